The third-order valence-corrected chi connectivity index (χ3v) is 3.71. The number of rotatable bonds is 5. The Kier molecular flexibility index (Phi) is 4.31. The monoisotopic (exact) mass is 234 g/mol. The summed E-state index contributed by atoms with van der Waals surface area (Å²) in [6.45, 7) is 7.56. The molecule has 0 saturated carbocycles. The summed E-state index contributed by atoms with van der Waals surface area (Å²) in [4.78, 5) is 0. The second-order valence-electron chi connectivity index (χ2n) is 4.98. The van der Waals surface area contributed by atoms with Crippen LogP contribution in [0, 0.1) is 11.8 Å². The maximum absolute atomic E-state index is 3.95. The van der Waals surface area contributed by atoms with Gasteiger partial charge in [-0.25, -0.2) is 0 Å². The molecule has 0 bridgehead atoms. The molecule has 0 radical (unpaired) electrons. The molecule has 2 rings (SSSR count). The molecule has 2 atom stereocenters. The van der Waals surface area contributed by atoms with Crippen molar-refractivity contribution < 1.29 is 0 Å². The highest BCUT2D eigenvalue weighted by atomic mass is 15.4. The Balaban J connectivity index is 1.71. The molecule has 0 amide bonds. The lowest BCUT2D eigenvalue weighted by Crippen LogP contribution is -2.31. The van der Waals surface area contributed by atoms with Crippen LogP contribution < -0.4 is 5.32 Å². The summed E-state index contributed by atoms with van der Waals surface area (Å²) in [5.74, 6) is 1.51. The van der Waals surface area contributed by atoms with E-state index >= 15 is 0 Å². The summed E-state index contributed by atoms with van der Waals surface area (Å²) in [6.07, 6.45) is 8.59. The van der Waals surface area contributed by atoms with Gasteiger partial charge in [0, 0.05) is 19.3 Å². The minimum Gasteiger partial charge on any atom is -0.314 e. The van der Waals surface area contributed by atoms with Crippen molar-refractivity contribution in [1.82, 2.24) is 20.3 Å². The third kappa shape index (κ3) is 3.40. The Bertz CT molecular complexity index is 356. The van der Waals surface area contributed by atoms with Gasteiger partial charge >= 0.3 is 0 Å². The number of hydrogen-bond donors (Lipinski definition) is 1. The van der Waals surface area contributed by atoms with Crippen LogP contribution in [0.15, 0.2) is 24.0 Å². The van der Waals surface area contributed by atoms with E-state index in [0.717, 1.165) is 25.6 Å². The first-order valence-electron chi connectivity index (χ1n) is 6.49. The number of nitrogens with one attached hydrogen (secondary N) is 1. The molecule has 0 aromatic carbocycles. The van der Waals surface area contributed by atoms with E-state index in [4.69, 9.17) is 0 Å². The first-order valence-corrected chi connectivity index (χ1v) is 6.49. The van der Waals surface area contributed by atoms with Gasteiger partial charge < -0.3 is 5.32 Å². The van der Waals surface area contributed by atoms with Crippen molar-refractivity contribution in [2.45, 2.75) is 33.2 Å². The van der Waals surface area contributed by atoms with Crippen LogP contribution in [-0.2, 0) is 6.54 Å². The first-order chi connectivity index (χ1) is 8.27. The number of allylic oxidation sites excluding steroid dienone is 1. The van der Waals surface area contributed by atoms with Crippen LogP contribution in [0.5, 0.6) is 0 Å². The van der Waals surface area contributed by atoms with Crippen molar-refractivity contribution in [3.8, 4) is 0 Å². The molecule has 4 heteroatoms. The van der Waals surface area contributed by atoms with E-state index < -0.39 is 0 Å². The minimum atomic E-state index is 0.708. The van der Waals surface area contributed by atoms with Gasteiger partial charge in [-0.2, -0.15) is 0 Å². The SMILES string of the molecule is CC1=CCC[C@@H](C)[C@H]1CNCCn1ccnn1. The molecular formula is C13H22N4. The van der Waals surface area contributed by atoms with E-state index in [1.54, 1.807) is 11.8 Å². The molecule has 0 fully saturated rings. The Morgan fingerprint density at radius 2 is 2.41 bits per heavy atom. The van der Waals surface area contributed by atoms with Crippen molar-refractivity contribution in [3.63, 3.8) is 0 Å². The van der Waals surface area contributed by atoms with Crippen molar-refractivity contribution in [2.75, 3.05) is 13.1 Å². The van der Waals surface area contributed by atoms with Crippen LogP contribution >= 0.6 is 0 Å². The highest BCUT2D eigenvalue weighted by Crippen LogP contribution is 2.29. The fourth-order valence-corrected chi connectivity index (χ4v) is 2.54. The fourth-order valence-electron chi connectivity index (χ4n) is 2.54. The predicted octanol–water partition coefficient (Wildman–Crippen LogP) is 1.86. The molecule has 1 aliphatic rings. The average Bonchev–Trinajstić information content (AvgIpc) is 2.80. The normalized spacial score (nSPS) is 24.7. The van der Waals surface area contributed by atoms with E-state index in [9.17, 15) is 0 Å². The Morgan fingerprint density at radius 3 is 3.12 bits per heavy atom. The van der Waals surface area contributed by atoms with Crippen molar-refractivity contribution >= 4 is 0 Å². The van der Waals surface area contributed by atoms with Crippen LogP contribution in [0.2, 0.25) is 0 Å². The first kappa shape index (κ1) is 12.3. The van der Waals surface area contributed by atoms with Gasteiger partial charge in [0.05, 0.1) is 12.7 Å². The zero-order valence-corrected chi connectivity index (χ0v) is 10.8. The summed E-state index contributed by atoms with van der Waals surface area (Å²) in [6, 6.07) is 0. The molecule has 4 nitrogen and oxygen atoms in total. The lowest BCUT2D eigenvalue weighted by molar-refractivity contribution is 0.347. The van der Waals surface area contributed by atoms with Gasteiger partial charge in [0.1, 0.15) is 0 Å². The second-order valence-corrected chi connectivity index (χ2v) is 4.98. The van der Waals surface area contributed by atoms with Gasteiger partial charge in [-0.3, -0.25) is 4.68 Å². The summed E-state index contributed by atoms with van der Waals surface area (Å²) in [7, 11) is 0. The van der Waals surface area contributed by atoms with Crippen LogP contribution in [0.1, 0.15) is 26.7 Å². The Morgan fingerprint density at radius 1 is 1.53 bits per heavy atom. The highest BCUT2D eigenvalue weighted by Gasteiger charge is 2.21. The third-order valence-electron chi connectivity index (χ3n) is 3.71. The van der Waals surface area contributed by atoms with Crippen molar-refractivity contribution in [3.05, 3.63) is 24.0 Å². The van der Waals surface area contributed by atoms with E-state index in [1.807, 2.05) is 10.9 Å². The van der Waals surface area contributed by atoms with Gasteiger partial charge in [0.2, 0.25) is 0 Å². The van der Waals surface area contributed by atoms with Crippen LogP contribution in [0.25, 0.3) is 0 Å². The number of nitrogens with zero attached hydrogens (tertiary/aromatic N) is 3. The molecular weight excluding hydrogens is 212 g/mol. The van der Waals surface area contributed by atoms with E-state index in [0.29, 0.717) is 5.92 Å². The second kappa shape index (κ2) is 5.96. The van der Waals surface area contributed by atoms with Gasteiger partial charge in [0.15, 0.2) is 0 Å². The molecule has 1 aromatic rings. The molecule has 0 aliphatic heterocycles. The summed E-state index contributed by atoms with van der Waals surface area (Å²) >= 11 is 0. The maximum atomic E-state index is 3.95. The fraction of sp³-hybridized carbons (Fsp3) is 0.692. The van der Waals surface area contributed by atoms with Crippen molar-refractivity contribution in [2.24, 2.45) is 11.8 Å². The molecule has 94 valence electrons. The standard InChI is InChI=1S/C13H22N4/c1-11-4-3-5-12(2)13(11)10-14-6-8-17-9-7-15-16-17/h4,7,9,12-14H,3,5-6,8,10H2,1-2H3/t12-,13+/m1/s1. The lowest BCUT2D eigenvalue weighted by atomic mass is 9.80. The molecule has 0 spiro atoms. The average molecular weight is 234 g/mol. The van der Waals surface area contributed by atoms with Crippen LogP contribution in [-0.4, -0.2) is 28.1 Å². The minimum absolute atomic E-state index is 0.708. The highest BCUT2D eigenvalue weighted by molar-refractivity contribution is 5.09. The topological polar surface area (TPSA) is 42.7 Å². The summed E-state index contributed by atoms with van der Waals surface area (Å²) in [5, 5.41) is 11.3. The van der Waals surface area contributed by atoms with Crippen molar-refractivity contribution in [1.29, 1.82) is 0 Å². The van der Waals surface area contributed by atoms with E-state index in [1.165, 1.54) is 12.8 Å². The van der Waals surface area contributed by atoms with Gasteiger partial charge in [-0.15, -0.1) is 5.10 Å². The van der Waals surface area contributed by atoms with Crippen LogP contribution in [0.4, 0.5) is 0 Å². The van der Waals surface area contributed by atoms with Gasteiger partial charge in [-0.05, 0) is 31.6 Å². The molecule has 17 heavy (non-hydrogen) atoms. The molecule has 1 aromatic heterocycles. The Labute approximate surface area is 103 Å². The largest absolute Gasteiger partial charge is 0.314 e. The van der Waals surface area contributed by atoms with Gasteiger partial charge in [0.25, 0.3) is 0 Å². The van der Waals surface area contributed by atoms with E-state index in [2.05, 4.69) is 35.6 Å². The quantitative estimate of drug-likeness (QED) is 0.624. The number of aromatic nitrogens is 3. The molecule has 1 aliphatic carbocycles. The molecule has 1 N–H and O–H groups in total. The maximum Gasteiger partial charge on any atom is 0.0692 e. The predicted molar refractivity (Wildman–Crippen MR) is 68.5 cm³/mol. The molecule has 0 unspecified atom stereocenters. The van der Waals surface area contributed by atoms with Gasteiger partial charge in [-0.1, -0.05) is 23.8 Å². The molecule has 1 heterocycles. The smallest absolute Gasteiger partial charge is 0.0692 e. The number of hydrogen-bond acceptors (Lipinski definition) is 3. The summed E-state index contributed by atoms with van der Waals surface area (Å²) < 4.78 is 1.86. The lowest BCUT2D eigenvalue weighted by Gasteiger charge is -2.29. The summed E-state index contributed by atoms with van der Waals surface area (Å²) in [5.41, 5.74) is 1.55. The van der Waals surface area contributed by atoms with E-state index in [-0.39, 0.29) is 0 Å². The van der Waals surface area contributed by atoms with Crippen LogP contribution in [0.3, 0.4) is 0 Å². The zero-order chi connectivity index (χ0) is 12.1. The zero-order valence-electron chi connectivity index (χ0n) is 10.8. The Hall–Kier alpha value is -1.16. The molecule has 0 saturated heterocycles.